The number of rotatable bonds is 7. The Hall–Kier alpha value is -1.88. The zero-order valence-corrected chi connectivity index (χ0v) is 18.5. The topological polar surface area (TPSA) is 122 Å². The first-order valence-electron chi connectivity index (χ1n) is 9.14. The van der Waals surface area contributed by atoms with Gasteiger partial charge < -0.3 is 16.2 Å². The molecule has 0 aromatic carbocycles. The highest BCUT2D eigenvalue weighted by Gasteiger charge is 2.30. The van der Waals surface area contributed by atoms with Crippen LogP contribution in [0.25, 0.3) is 10.6 Å². The van der Waals surface area contributed by atoms with Gasteiger partial charge in [0.05, 0.1) is 40.0 Å². The number of nitrogens with zero attached hydrogens (tertiary/aromatic N) is 4. The van der Waals surface area contributed by atoms with E-state index >= 15 is 0 Å². The van der Waals surface area contributed by atoms with E-state index in [4.69, 9.17) is 16.2 Å². The van der Waals surface area contributed by atoms with Crippen LogP contribution in [0.15, 0.2) is 42.7 Å². The van der Waals surface area contributed by atoms with Crippen LogP contribution in [-0.4, -0.2) is 43.9 Å². The summed E-state index contributed by atoms with van der Waals surface area (Å²) >= 11 is 1.42. The summed E-state index contributed by atoms with van der Waals surface area (Å²) in [5.41, 5.74) is 13.6. The Kier molecular flexibility index (Phi) is 8.90. The Morgan fingerprint density at radius 3 is 2.73 bits per heavy atom. The lowest BCUT2D eigenvalue weighted by Crippen LogP contribution is -2.31. The molecule has 3 aromatic heterocycles. The summed E-state index contributed by atoms with van der Waals surface area (Å²) in [6, 6.07) is 9.47. The van der Waals surface area contributed by atoms with Crippen LogP contribution in [0.1, 0.15) is 28.2 Å². The van der Waals surface area contributed by atoms with Crippen LogP contribution in [-0.2, 0) is 17.9 Å². The number of pyridine rings is 1. The molecule has 0 bridgehead atoms. The van der Waals surface area contributed by atoms with E-state index in [0.29, 0.717) is 11.5 Å². The molecule has 4 N–H and O–H groups in total. The van der Waals surface area contributed by atoms with E-state index in [2.05, 4.69) is 15.3 Å². The summed E-state index contributed by atoms with van der Waals surface area (Å²) in [6.07, 6.45) is 4.78. The summed E-state index contributed by atoms with van der Waals surface area (Å²) in [7, 11) is 0. The van der Waals surface area contributed by atoms with Gasteiger partial charge >= 0.3 is 0 Å². The number of Topliss-reactive ketones (excluding diaryl/α,β-unsaturated/α-hetero) is 1. The Bertz CT molecular complexity index is 951. The number of carbonyl (C=O) groups is 1. The Morgan fingerprint density at radius 2 is 2.03 bits per heavy atom. The molecule has 8 nitrogen and oxygen atoms in total. The minimum atomic E-state index is -0.0766. The zero-order valence-electron chi connectivity index (χ0n) is 16.1. The predicted octanol–water partition coefficient (Wildman–Crippen LogP) is 2.46. The van der Waals surface area contributed by atoms with E-state index in [9.17, 15) is 4.79 Å². The normalized spacial score (nSPS) is 20.4. The van der Waals surface area contributed by atoms with Gasteiger partial charge in [0, 0.05) is 18.3 Å². The van der Waals surface area contributed by atoms with Gasteiger partial charge in [0.25, 0.3) is 0 Å². The molecule has 4 rings (SSSR count). The molecular formula is C19H24Cl2N6O2S. The fourth-order valence-corrected chi connectivity index (χ4v) is 4.24. The average Bonchev–Trinajstić information content (AvgIpc) is 3.41. The summed E-state index contributed by atoms with van der Waals surface area (Å²) in [6.45, 7) is 0.409. The molecule has 3 atom stereocenters. The van der Waals surface area contributed by atoms with Crippen molar-refractivity contribution in [2.24, 2.45) is 11.5 Å². The number of aromatic nitrogens is 4. The fraction of sp³-hybridized carbons (Fsp3) is 0.368. The molecular weight excluding hydrogens is 447 g/mol. The van der Waals surface area contributed by atoms with Gasteiger partial charge in [-0.05, 0) is 37.1 Å². The maximum atomic E-state index is 12.7. The van der Waals surface area contributed by atoms with Crippen molar-refractivity contribution in [3.05, 3.63) is 53.3 Å². The summed E-state index contributed by atoms with van der Waals surface area (Å²) < 4.78 is 7.47. The number of ketones is 1. The molecule has 0 aliphatic heterocycles. The van der Waals surface area contributed by atoms with Crippen molar-refractivity contribution < 1.29 is 9.53 Å². The third kappa shape index (κ3) is 5.63. The highest BCUT2D eigenvalue weighted by molar-refractivity contribution is 7.17. The van der Waals surface area contributed by atoms with Crippen molar-refractivity contribution in [1.82, 2.24) is 20.0 Å². The van der Waals surface area contributed by atoms with Crippen molar-refractivity contribution in [1.29, 1.82) is 0 Å². The minimum Gasteiger partial charge on any atom is -0.370 e. The number of nitrogens with two attached hydrogens (primary N) is 2. The van der Waals surface area contributed by atoms with Gasteiger partial charge in [0.1, 0.15) is 6.54 Å². The monoisotopic (exact) mass is 470 g/mol. The van der Waals surface area contributed by atoms with Crippen molar-refractivity contribution >= 4 is 41.9 Å². The van der Waals surface area contributed by atoms with E-state index in [-0.39, 0.29) is 55.3 Å². The standard InChI is InChI=1S/C19H22N6O2S.2ClH/c20-12-7-14(21)17(8-12)27-11-13-9-23-24-25(13)10-16(26)19-5-4-18(28-19)15-3-1-2-6-22-15;;/h1-6,9,12,14,17H,7-8,10-11,20-21H2;2*1H/t12-,14+,17+;;/m0../s1. The first kappa shape index (κ1) is 24.4. The molecule has 1 fully saturated rings. The summed E-state index contributed by atoms with van der Waals surface area (Å²) in [4.78, 5) is 18.6. The van der Waals surface area contributed by atoms with Crippen LogP contribution in [0.3, 0.4) is 0 Å². The van der Waals surface area contributed by atoms with Crippen LogP contribution in [0.4, 0.5) is 0 Å². The number of carbonyl (C=O) groups excluding carboxylic acids is 1. The van der Waals surface area contributed by atoms with Gasteiger partial charge in [-0.2, -0.15) is 0 Å². The third-order valence-corrected chi connectivity index (χ3v) is 5.97. The van der Waals surface area contributed by atoms with E-state index < -0.39 is 0 Å². The predicted molar refractivity (Wildman–Crippen MR) is 120 cm³/mol. The summed E-state index contributed by atoms with van der Waals surface area (Å²) in [5.74, 6) is -0.0291. The highest BCUT2D eigenvalue weighted by Crippen LogP contribution is 2.27. The average molecular weight is 471 g/mol. The van der Waals surface area contributed by atoms with Crippen molar-refractivity contribution in [3.63, 3.8) is 0 Å². The lowest BCUT2D eigenvalue weighted by atomic mass is 10.2. The van der Waals surface area contributed by atoms with Crippen LogP contribution >= 0.6 is 36.2 Å². The van der Waals surface area contributed by atoms with Crippen LogP contribution in [0.5, 0.6) is 0 Å². The molecule has 162 valence electrons. The van der Waals surface area contributed by atoms with Crippen LogP contribution in [0, 0.1) is 0 Å². The lowest BCUT2D eigenvalue weighted by molar-refractivity contribution is 0.0312. The largest absolute Gasteiger partial charge is 0.370 e. The number of thiophene rings is 1. The minimum absolute atomic E-state index is 0. The quantitative estimate of drug-likeness (QED) is 0.508. The molecule has 0 amide bonds. The van der Waals surface area contributed by atoms with E-state index in [0.717, 1.165) is 29.1 Å². The second-order valence-corrected chi connectivity index (χ2v) is 8.01. The number of halogens is 2. The highest BCUT2D eigenvalue weighted by atomic mass is 35.5. The van der Waals surface area contributed by atoms with Crippen LogP contribution in [0.2, 0.25) is 0 Å². The molecule has 1 saturated carbocycles. The Balaban J connectivity index is 0.00000160. The lowest BCUT2D eigenvalue weighted by Gasteiger charge is -2.16. The SMILES string of the molecule is Cl.Cl.N[C@H]1C[C@@H](N)[C@H](OCc2cnnn2CC(=O)c2ccc(-c3ccccn3)s2)C1. The number of ether oxygens (including phenoxy) is 1. The summed E-state index contributed by atoms with van der Waals surface area (Å²) in [5, 5.41) is 7.95. The van der Waals surface area contributed by atoms with Crippen LogP contribution < -0.4 is 11.5 Å². The molecule has 0 saturated heterocycles. The van der Waals surface area contributed by atoms with Gasteiger partial charge in [-0.15, -0.1) is 41.2 Å². The molecule has 1 aliphatic rings. The van der Waals surface area contributed by atoms with Crippen molar-refractivity contribution in [2.75, 3.05) is 0 Å². The van der Waals surface area contributed by atoms with Gasteiger partial charge in [-0.25, -0.2) is 4.68 Å². The van der Waals surface area contributed by atoms with E-state index in [1.54, 1.807) is 17.1 Å². The smallest absolute Gasteiger partial charge is 0.194 e. The van der Waals surface area contributed by atoms with Gasteiger partial charge in [-0.3, -0.25) is 9.78 Å². The first-order chi connectivity index (χ1) is 13.6. The molecule has 3 aromatic rings. The van der Waals surface area contributed by atoms with E-state index in [1.165, 1.54) is 11.3 Å². The molecule has 1 aliphatic carbocycles. The Morgan fingerprint density at radius 1 is 1.20 bits per heavy atom. The van der Waals surface area contributed by atoms with Gasteiger partial charge in [0.15, 0.2) is 5.78 Å². The second kappa shape index (κ2) is 10.9. The van der Waals surface area contributed by atoms with Gasteiger partial charge in [0.2, 0.25) is 0 Å². The molecule has 11 heteroatoms. The first-order valence-corrected chi connectivity index (χ1v) is 9.96. The molecule has 0 unspecified atom stereocenters. The van der Waals surface area contributed by atoms with Crippen molar-refractivity contribution in [2.45, 2.75) is 44.2 Å². The Labute approximate surface area is 190 Å². The molecule has 0 radical (unpaired) electrons. The fourth-order valence-electron chi connectivity index (χ4n) is 3.33. The second-order valence-electron chi connectivity index (χ2n) is 6.93. The molecule has 0 spiro atoms. The molecule has 30 heavy (non-hydrogen) atoms. The maximum absolute atomic E-state index is 12.7. The number of hydrogen-bond acceptors (Lipinski definition) is 8. The third-order valence-electron chi connectivity index (χ3n) is 4.82. The van der Waals surface area contributed by atoms with Gasteiger partial charge in [-0.1, -0.05) is 11.3 Å². The molecule has 3 heterocycles. The maximum Gasteiger partial charge on any atom is 0.194 e. The zero-order chi connectivity index (χ0) is 19.5. The number of hydrogen-bond donors (Lipinski definition) is 2. The van der Waals surface area contributed by atoms with E-state index in [1.807, 2.05) is 30.3 Å². The van der Waals surface area contributed by atoms with Crippen molar-refractivity contribution in [3.8, 4) is 10.6 Å².